The Balaban J connectivity index is 0.00000208. The number of hydrogen-bond donors (Lipinski definition) is 6. The third-order valence-electron chi connectivity index (χ3n) is 3.57. The van der Waals surface area contributed by atoms with Gasteiger partial charge in [0.2, 0.25) is 0 Å². The van der Waals surface area contributed by atoms with E-state index in [0.717, 1.165) is 6.33 Å². The summed E-state index contributed by atoms with van der Waals surface area (Å²) >= 11 is 0. The molecule has 2 aromatic rings. The topological polar surface area (TPSA) is 197 Å². The molecule has 24 heavy (non-hydrogen) atoms. The van der Waals surface area contributed by atoms with E-state index in [1.807, 2.05) is 0 Å². The summed E-state index contributed by atoms with van der Waals surface area (Å²) in [4.78, 5) is 29.7. The van der Waals surface area contributed by atoms with E-state index in [4.69, 9.17) is 20.3 Å². The van der Waals surface area contributed by atoms with Gasteiger partial charge in [-0.15, -0.1) is 0 Å². The Bertz CT molecular complexity index is 784. The number of aliphatic hydroxyl groups is 3. The summed E-state index contributed by atoms with van der Waals surface area (Å²) in [5.74, 6) is -2.19. The molecule has 0 bridgehead atoms. The van der Waals surface area contributed by atoms with E-state index in [1.165, 1.54) is 10.9 Å². The Morgan fingerprint density at radius 1 is 1.25 bits per heavy atom. The second kappa shape index (κ2) is 6.92. The standard InChI is InChI=1S/C10H14N5O7P.Na.H/c11-7-3-8(13-1-12-7)15(2-14-3)9-5(17)4(16)6(22-9)10(18)23(19,20)21;;/h1-2,4-6,9-10,16-18H,(H2,11,12,13)(H2,19,20,21);;/t4-,5+,6-,9+,10+;;/m0../s1. The average molecular weight is 371 g/mol. The Kier molecular flexibility index (Phi) is 5.67. The second-order valence-corrected chi connectivity index (χ2v) is 6.77. The van der Waals surface area contributed by atoms with Crippen LogP contribution in [0.1, 0.15) is 6.23 Å². The van der Waals surface area contributed by atoms with Crippen LogP contribution in [0, 0.1) is 0 Å². The Labute approximate surface area is 156 Å². The number of imidazole rings is 1. The van der Waals surface area contributed by atoms with E-state index < -0.39 is 38.0 Å². The van der Waals surface area contributed by atoms with Gasteiger partial charge in [-0.1, -0.05) is 0 Å². The zero-order valence-electron chi connectivity index (χ0n) is 11.4. The van der Waals surface area contributed by atoms with Crippen molar-refractivity contribution in [2.45, 2.75) is 30.4 Å². The Morgan fingerprint density at radius 3 is 2.54 bits per heavy atom. The van der Waals surface area contributed by atoms with Crippen LogP contribution in [0.4, 0.5) is 5.82 Å². The molecule has 14 heteroatoms. The number of nitrogens with zero attached hydrogens (tertiary/aromatic N) is 4. The molecule has 0 aromatic carbocycles. The van der Waals surface area contributed by atoms with E-state index in [0.29, 0.717) is 0 Å². The molecular weight excluding hydrogens is 356 g/mol. The predicted octanol–water partition coefficient (Wildman–Crippen LogP) is -3.12. The number of fused-ring (bicyclic) bond motifs is 1. The number of rotatable bonds is 3. The van der Waals surface area contributed by atoms with Crippen molar-refractivity contribution in [1.82, 2.24) is 19.5 Å². The molecule has 0 radical (unpaired) electrons. The monoisotopic (exact) mass is 371 g/mol. The zero-order chi connectivity index (χ0) is 16.9. The minimum atomic E-state index is -4.94. The van der Waals surface area contributed by atoms with Gasteiger partial charge in [0, 0.05) is 0 Å². The summed E-state index contributed by atoms with van der Waals surface area (Å²) in [7, 11) is -4.94. The molecule has 1 fully saturated rings. The van der Waals surface area contributed by atoms with Crippen molar-refractivity contribution in [3.63, 3.8) is 0 Å². The molecule has 3 rings (SSSR count). The van der Waals surface area contributed by atoms with Gasteiger partial charge < -0.3 is 35.6 Å². The SMILES string of the molecule is Nc1ncnc2c1ncn2[C@@H]1O[C@H]([C@H](O)P(=O)(O)O)[C@@H](O)[C@H]1O.[NaH]. The quantitative estimate of drug-likeness (QED) is 0.236. The molecule has 1 aliphatic rings. The van der Waals surface area contributed by atoms with Gasteiger partial charge in [-0.2, -0.15) is 0 Å². The number of ether oxygens (including phenoxy) is 1. The van der Waals surface area contributed by atoms with Gasteiger partial charge in [-0.25, -0.2) is 15.0 Å². The van der Waals surface area contributed by atoms with Crippen LogP contribution in [-0.4, -0.2) is 98.3 Å². The van der Waals surface area contributed by atoms with Gasteiger partial charge >= 0.3 is 37.2 Å². The van der Waals surface area contributed by atoms with Crippen LogP contribution in [0.5, 0.6) is 0 Å². The van der Waals surface area contributed by atoms with E-state index >= 15 is 0 Å². The van der Waals surface area contributed by atoms with Crippen LogP contribution in [0.2, 0.25) is 0 Å². The summed E-state index contributed by atoms with van der Waals surface area (Å²) in [6.45, 7) is 0. The van der Waals surface area contributed by atoms with Gasteiger partial charge in [-0.05, 0) is 0 Å². The van der Waals surface area contributed by atoms with Crippen LogP contribution in [0.3, 0.4) is 0 Å². The molecule has 0 aliphatic carbocycles. The predicted molar refractivity (Wildman–Crippen MR) is 80.9 cm³/mol. The Hall–Kier alpha value is -0.660. The number of anilines is 1. The fourth-order valence-corrected chi connectivity index (χ4v) is 3.04. The maximum atomic E-state index is 11.1. The van der Waals surface area contributed by atoms with Crippen molar-refractivity contribution >= 4 is 54.1 Å². The normalized spacial score (nSPS) is 28.7. The third kappa shape index (κ3) is 3.22. The van der Waals surface area contributed by atoms with Crippen LogP contribution >= 0.6 is 7.60 Å². The van der Waals surface area contributed by atoms with Crippen molar-refractivity contribution < 1.29 is 34.4 Å². The van der Waals surface area contributed by atoms with Crippen molar-refractivity contribution in [2.24, 2.45) is 0 Å². The molecule has 1 aliphatic heterocycles. The summed E-state index contributed by atoms with van der Waals surface area (Å²) in [5.41, 5.74) is 6.07. The summed E-state index contributed by atoms with van der Waals surface area (Å²) in [6, 6.07) is 0. The van der Waals surface area contributed by atoms with Crippen LogP contribution in [-0.2, 0) is 9.30 Å². The first-order valence-electron chi connectivity index (χ1n) is 6.39. The van der Waals surface area contributed by atoms with Gasteiger partial charge in [0.05, 0.1) is 6.33 Å². The van der Waals surface area contributed by atoms with E-state index in [9.17, 15) is 19.9 Å². The molecule has 2 aromatic heterocycles. The molecule has 12 nitrogen and oxygen atoms in total. The van der Waals surface area contributed by atoms with Crippen molar-refractivity contribution in [3.05, 3.63) is 12.7 Å². The second-order valence-electron chi connectivity index (χ2n) is 5.06. The van der Waals surface area contributed by atoms with Gasteiger partial charge in [-0.3, -0.25) is 9.13 Å². The van der Waals surface area contributed by atoms with Gasteiger partial charge in [0.15, 0.2) is 23.5 Å². The fraction of sp³-hybridized carbons (Fsp3) is 0.500. The molecule has 0 saturated carbocycles. The maximum absolute atomic E-state index is 11.1. The first kappa shape index (κ1) is 19.7. The number of nitrogen functional groups attached to an aromatic ring is 1. The van der Waals surface area contributed by atoms with Crippen LogP contribution in [0.25, 0.3) is 11.2 Å². The van der Waals surface area contributed by atoms with Crippen molar-refractivity contribution in [3.8, 4) is 0 Å². The van der Waals surface area contributed by atoms with Crippen LogP contribution < -0.4 is 5.73 Å². The van der Waals surface area contributed by atoms with E-state index in [-0.39, 0.29) is 46.5 Å². The van der Waals surface area contributed by atoms with E-state index in [2.05, 4.69) is 15.0 Å². The number of aromatic nitrogens is 4. The number of nitrogens with two attached hydrogens (primary N) is 1. The number of hydrogen-bond acceptors (Lipinski definition) is 9. The van der Waals surface area contributed by atoms with Crippen molar-refractivity contribution in [1.29, 1.82) is 0 Å². The first-order valence-corrected chi connectivity index (χ1v) is 8.08. The molecule has 0 unspecified atom stereocenters. The Morgan fingerprint density at radius 2 is 1.92 bits per heavy atom. The molecule has 0 amide bonds. The molecule has 5 atom stereocenters. The molecule has 0 spiro atoms. The molecule has 7 N–H and O–H groups in total. The summed E-state index contributed by atoms with van der Waals surface area (Å²) in [5, 5.41) is 29.6. The molecular formula is C10H15N5NaO7P. The van der Waals surface area contributed by atoms with Gasteiger partial charge in [0.25, 0.3) is 0 Å². The molecule has 128 valence electrons. The number of aliphatic hydroxyl groups excluding tert-OH is 3. The first-order chi connectivity index (χ1) is 10.7. The van der Waals surface area contributed by atoms with E-state index in [1.54, 1.807) is 0 Å². The average Bonchev–Trinajstić information content (AvgIpc) is 3.02. The third-order valence-corrected chi connectivity index (χ3v) is 4.56. The summed E-state index contributed by atoms with van der Waals surface area (Å²) in [6.07, 6.45) is -3.87. The minimum absolute atomic E-state index is 0. The fourth-order valence-electron chi connectivity index (χ4n) is 2.41. The van der Waals surface area contributed by atoms with Gasteiger partial charge in [0.1, 0.15) is 30.2 Å². The zero-order valence-corrected chi connectivity index (χ0v) is 12.3. The summed E-state index contributed by atoms with van der Waals surface area (Å²) < 4.78 is 17.6. The van der Waals surface area contributed by atoms with Crippen molar-refractivity contribution in [2.75, 3.05) is 5.73 Å². The molecule has 1 saturated heterocycles. The van der Waals surface area contributed by atoms with Crippen LogP contribution in [0.15, 0.2) is 12.7 Å². The molecule has 3 heterocycles.